The Hall–Kier alpha value is -3.74. The van der Waals surface area contributed by atoms with Crippen LogP contribution in [0.1, 0.15) is 56.1 Å². The zero-order valence-electron chi connectivity index (χ0n) is 20.2. The van der Waals surface area contributed by atoms with Gasteiger partial charge in [0.15, 0.2) is 11.5 Å². The molecule has 0 aliphatic heterocycles. The summed E-state index contributed by atoms with van der Waals surface area (Å²) >= 11 is 0. The van der Waals surface area contributed by atoms with Crippen LogP contribution in [-0.2, 0) is 11.3 Å². The van der Waals surface area contributed by atoms with Gasteiger partial charge < -0.3 is 11.1 Å². The highest BCUT2D eigenvalue weighted by Gasteiger charge is 2.18. The summed E-state index contributed by atoms with van der Waals surface area (Å²) in [7, 11) is 0. The van der Waals surface area contributed by atoms with Crippen LogP contribution < -0.4 is 11.1 Å². The smallest absolute Gasteiger partial charge is 0.220 e. The molecular formula is C28H32N6O. The molecule has 1 aliphatic rings. The summed E-state index contributed by atoms with van der Waals surface area (Å²) in [6, 6.07) is 13.9. The molecule has 1 aliphatic carbocycles. The molecule has 35 heavy (non-hydrogen) atoms. The van der Waals surface area contributed by atoms with Crippen molar-refractivity contribution < 1.29 is 4.79 Å². The SMILES string of the molecule is Cc1cnc2c(c1)nc(-c1cccnc1N)n2-c1ccc(CNC(=O)CCC2CCCCC2)cc1. The van der Waals surface area contributed by atoms with Crippen molar-refractivity contribution in [3.05, 3.63) is 66.0 Å². The summed E-state index contributed by atoms with van der Waals surface area (Å²) in [6.07, 6.45) is 11.7. The van der Waals surface area contributed by atoms with Crippen molar-refractivity contribution in [2.45, 2.75) is 58.4 Å². The lowest BCUT2D eigenvalue weighted by Crippen LogP contribution is -2.23. The quantitative estimate of drug-likeness (QED) is 0.381. The number of hydrogen-bond donors (Lipinski definition) is 2. The Morgan fingerprint density at radius 1 is 1.11 bits per heavy atom. The van der Waals surface area contributed by atoms with E-state index in [9.17, 15) is 4.79 Å². The molecule has 3 heterocycles. The Bertz CT molecular complexity index is 1320. The number of fused-ring (bicyclic) bond motifs is 1. The van der Waals surface area contributed by atoms with E-state index in [-0.39, 0.29) is 5.91 Å². The number of nitrogens with two attached hydrogens (primary N) is 1. The van der Waals surface area contributed by atoms with Crippen LogP contribution in [0.2, 0.25) is 0 Å². The largest absolute Gasteiger partial charge is 0.383 e. The number of hydrogen-bond acceptors (Lipinski definition) is 5. The molecular weight excluding hydrogens is 436 g/mol. The third-order valence-electron chi connectivity index (χ3n) is 6.90. The summed E-state index contributed by atoms with van der Waals surface area (Å²) in [5.41, 5.74) is 11.5. The van der Waals surface area contributed by atoms with Crippen LogP contribution in [0.15, 0.2) is 54.9 Å². The summed E-state index contributed by atoms with van der Waals surface area (Å²) in [5.74, 6) is 1.98. The second-order valence-electron chi connectivity index (χ2n) is 9.55. The molecule has 1 saturated carbocycles. The number of carbonyl (C=O) groups excluding carboxylic acids is 1. The number of pyridine rings is 2. The molecule has 3 aromatic heterocycles. The van der Waals surface area contributed by atoms with Crippen LogP contribution in [0.4, 0.5) is 5.82 Å². The van der Waals surface area contributed by atoms with E-state index in [4.69, 9.17) is 10.7 Å². The molecule has 0 bridgehead atoms. The van der Waals surface area contributed by atoms with E-state index in [0.29, 0.717) is 24.6 Å². The highest BCUT2D eigenvalue weighted by molar-refractivity contribution is 5.83. The third kappa shape index (κ3) is 5.19. The minimum atomic E-state index is 0.133. The summed E-state index contributed by atoms with van der Waals surface area (Å²) in [5, 5.41) is 3.08. The number of aromatic nitrogens is 4. The average molecular weight is 469 g/mol. The lowest BCUT2D eigenvalue weighted by Gasteiger charge is -2.21. The fourth-order valence-electron chi connectivity index (χ4n) is 4.96. The van der Waals surface area contributed by atoms with Gasteiger partial charge in [0.25, 0.3) is 0 Å². The maximum absolute atomic E-state index is 12.4. The molecule has 7 nitrogen and oxygen atoms in total. The Morgan fingerprint density at radius 2 is 1.91 bits per heavy atom. The summed E-state index contributed by atoms with van der Waals surface area (Å²) in [4.78, 5) is 26.1. The first kappa shape index (κ1) is 23.0. The zero-order valence-corrected chi connectivity index (χ0v) is 20.2. The number of aryl methyl sites for hydroxylation is 1. The van der Waals surface area contributed by atoms with Crippen LogP contribution in [0.3, 0.4) is 0 Å². The maximum atomic E-state index is 12.4. The van der Waals surface area contributed by atoms with Gasteiger partial charge in [0.2, 0.25) is 5.91 Å². The van der Waals surface area contributed by atoms with Gasteiger partial charge in [-0.15, -0.1) is 0 Å². The van der Waals surface area contributed by atoms with Crippen LogP contribution >= 0.6 is 0 Å². The number of nitrogens with one attached hydrogen (secondary N) is 1. The van der Waals surface area contributed by atoms with Gasteiger partial charge in [0.05, 0.1) is 5.56 Å². The molecule has 180 valence electrons. The van der Waals surface area contributed by atoms with E-state index in [1.807, 2.05) is 60.2 Å². The first-order chi connectivity index (χ1) is 17.1. The number of nitrogen functional groups attached to an aromatic ring is 1. The summed E-state index contributed by atoms with van der Waals surface area (Å²) in [6.45, 7) is 2.52. The second-order valence-corrected chi connectivity index (χ2v) is 9.55. The average Bonchev–Trinajstić information content (AvgIpc) is 3.25. The van der Waals surface area contributed by atoms with Gasteiger partial charge in [-0.1, -0.05) is 44.2 Å². The Kier molecular flexibility index (Phi) is 6.75. The minimum Gasteiger partial charge on any atom is -0.383 e. The minimum absolute atomic E-state index is 0.133. The number of nitrogens with zero attached hydrogens (tertiary/aromatic N) is 4. The number of amides is 1. The predicted octanol–water partition coefficient (Wildman–Crippen LogP) is 5.35. The molecule has 1 fully saturated rings. The molecule has 0 atom stereocenters. The molecule has 1 amide bonds. The first-order valence-corrected chi connectivity index (χ1v) is 12.5. The van der Waals surface area contributed by atoms with Gasteiger partial charge in [-0.25, -0.2) is 15.0 Å². The van der Waals surface area contributed by atoms with Crippen molar-refractivity contribution in [1.29, 1.82) is 0 Å². The van der Waals surface area contributed by atoms with Gasteiger partial charge in [0.1, 0.15) is 11.3 Å². The van der Waals surface area contributed by atoms with Gasteiger partial charge in [-0.05, 0) is 60.7 Å². The Morgan fingerprint density at radius 3 is 2.69 bits per heavy atom. The highest BCUT2D eigenvalue weighted by Crippen LogP contribution is 2.30. The fourth-order valence-corrected chi connectivity index (χ4v) is 4.96. The van der Waals surface area contributed by atoms with E-state index in [1.165, 1.54) is 32.1 Å². The van der Waals surface area contributed by atoms with Crippen LogP contribution in [0.25, 0.3) is 28.2 Å². The number of anilines is 1. The molecule has 0 saturated heterocycles. The maximum Gasteiger partial charge on any atom is 0.220 e. The van der Waals surface area contributed by atoms with Crippen LogP contribution in [0.5, 0.6) is 0 Å². The van der Waals surface area contributed by atoms with Crippen molar-refractivity contribution in [3.63, 3.8) is 0 Å². The molecule has 5 rings (SSSR count). The van der Waals surface area contributed by atoms with Gasteiger partial charge in [0, 0.05) is 31.0 Å². The van der Waals surface area contributed by atoms with Crippen molar-refractivity contribution in [3.8, 4) is 17.1 Å². The van der Waals surface area contributed by atoms with Crippen molar-refractivity contribution in [1.82, 2.24) is 24.8 Å². The zero-order chi connectivity index (χ0) is 24.2. The third-order valence-corrected chi connectivity index (χ3v) is 6.90. The van der Waals surface area contributed by atoms with Crippen molar-refractivity contribution in [2.24, 2.45) is 5.92 Å². The molecule has 0 unspecified atom stereocenters. The van der Waals surface area contributed by atoms with E-state index in [0.717, 1.165) is 45.9 Å². The lowest BCUT2D eigenvalue weighted by molar-refractivity contribution is -0.121. The van der Waals surface area contributed by atoms with Gasteiger partial charge >= 0.3 is 0 Å². The standard InChI is InChI=1S/C28H32N6O/c1-19-16-24-28(32-17-19)34(27(33-24)23-8-5-15-30-26(23)29)22-12-9-21(10-13-22)18-31-25(35)14-11-20-6-3-2-4-7-20/h5,8-10,12-13,15-17,20H,2-4,6-7,11,14,18H2,1H3,(H2,29,30)(H,31,35). The van der Waals surface area contributed by atoms with Crippen molar-refractivity contribution >= 4 is 22.9 Å². The van der Waals surface area contributed by atoms with E-state index >= 15 is 0 Å². The molecule has 7 heteroatoms. The Balaban J connectivity index is 1.34. The topological polar surface area (TPSA) is 98.7 Å². The van der Waals surface area contributed by atoms with E-state index in [2.05, 4.69) is 15.3 Å². The molecule has 1 aromatic carbocycles. The predicted molar refractivity (Wildman–Crippen MR) is 139 cm³/mol. The van der Waals surface area contributed by atoms with Crippen LogP contribution in [-0.4, -0.2) is 25.4 Å². The lowest BCUT2D eigenvalue weighted by atomic mass is 9.86. The number of carbonyl (C=O) groups is 1. The van der Waals surface area contributed by atoms with Crippen molar-refractivity contribution in [2.75, 3.05) is 5.73 Å². The number of benzene rings is 1. The molecule has 0 radical (unpaired) electrons. The monoisotopic (exact) mass is 468 g/mol. The molecule has 3 N–H and O–H groups in total. The normalized spacial score (nSPS) is 14.3. The van der Waals surface area contributed by atoms with Gasteiger partial charge in [-0.3, -0.25) is 9.36 Å². The highest BCUT2D eigenvalue weighted by atomic mass is 16.1. The second kappa shape index (κ2) is 10.3. The number of rotatable bonds is 7. The molecule has 0 spiro atoms. The Labute approximate surface area is 205 Å². The first-order valence-electron chi connectivity index (χ1n) is 12.5. The van der Waals surface area contributed by atoms with Gasteiger partial charge in [-0.2, -0.15) is 0 Å². The van der Waals surface area contributed by atoms with E-state index in [1.54, 1.807) is 6.20 Å². The number of imidazole rings is 1. The fraction of sp³-hybridized carbons (Fsp3) is 0.357. The molecule has 4 aromatic rings. The van der Waals surface area contributed by atoms with E-state index < -0.39 is 0 Å². The van der Waals surface area contributed by atoms with Crippen LogP contribution in [0, 0.1) is 12.8 Å². The summed E-state index contributed by atoms with van der Waals surface area (Å²) < 4.78 is 2.01.